The monoisotopic (exact) mass is 299 g/mol. The molecule has 0 bridgehead atoms. The zero-order valence-corrected chi connectivity index (χ0v) is 13.0. The first-order valence-electron chi connectivity index (χ1n) is 6.81. The van der Waals surface area contributed by atoms with Gasteiger partial charge >= 0.3 is 0 Å². The van der Waals surface area contributed by atoms with Crippen molar-refractivity contribution < 1.29 is 9.18 Å². The number of nitrogens with one attached hydrogen (secondary N) is 2. The van der Waals surface area contributed by atoms with Gasteiger partial charge in [-0.05, 0) is 25.2 Å². The standard InChI is InChI=1S/C14H22FN3OS/c1-4-6-16-13-12(7-10(15)8-17-13)14(19)18-11(5-2)9-20-3/h7-8,11H,4-6,9H2,1-3H3,(H,16,17)(H,18,19). The Morgan fingerprint density at radius 1 is 1.50 bits per heavy atom. The zero-order valence-electron chi connectivity index (χ0n) is 12.2. The highest BCUT2D eigenvalue weighted by Gasteiger charge is 2.17. The van der Waals surface area contributed by atoms with E-state index in [4.69, 9.17) is 0 Å². The van der Waals surface area contributed by atoms with Crippen molar-refractivity contribution in [1.29, 1.82) is 0 Å². The normalized spacial score (nSPS) is 12.0. The van der Waals surface area contributed by atoms with E-state index in [-0.39, 0.29) is 17.5 Å². The summed E-state index contributed by atoms with van der Waals surface area (Å²) in [5.41, 5.74) is 0.262. The number of halogens is 1. The van der Waals surface area contributed by atoms with Gasteiger partial charge in [0.1, 0.15) is 11.6 Å². The molecule has 0 saturated heterocycles. The van der Waals surface area contributed by atoms with E-state index in [9.17, 15) is 9.18 Å². The van der Waals surface area contributed by atoms with Gasteiger partial charge in [0, 0.05) is 18.3 Å². The molecule has 1 heterocycles. The average Bonchev–Trinajstić information content (AvgIpc) is 2.45. The van der Waals surface area contributed by atoms with Crippen molar-refractivity contribution in [1.82, 2.24) is 10.3 Å². The van der Waals surface area contributed by atoms with E-state index in [1.807, 2.05) is 20.1 Å². The molecule has 2 N–H and O–H groups in total. The number of amides is 1. The van der Waals surface area contributed by atoms with Crippen LogP contribution in [0.15, 0.2) is 12.3 Å². The maximum absolute atomic E-state index is 13.3. The summed E-state index contributed by atoms with van der Waals surface area (Å²) in [5, 5.41) is 5.97. The molecule has 1 amide bonds. The van der Waals surface area contributed by atoms with E-state index in [0.29, 0.717) is 12.4 Å². The molecule has 1 aromatic rings. The Labute approximate surface area is 123 Å². The molecule has 0 fully saturated rings. The predicted molar refractivity (Wildman–Crippen MR) is 82.9 cm³/mol. The van der Waals surface area contributed by atoms with Gasteiger partial charge in [-0.25, -0.2) is 9.37 Å². The molecule has 4 nitrogen and oxygen atoms in total. The minimum Gasteiger partial charge on any atom is -0.369 e. The summed E-state index contributed by atoms with van der Waals surface area (Å²) in [6, 6.07) is 1.31. The second kappa shape index (κ2) is 8.79. The molecule has 6 heteroatoms. The highest BCUT2D eigenvalue weighted by Crippen LogP contribution is 2.14. The van der Waals surface area contributed by atoms with Crippen molar-refractivity contribution in [3.05, 3.63) is 23.6 Å². The predicted octanol–water partition coefficient (Wildman–Crippen LogP) is 2.91. The van der Waals surface area contributed by atoms with E-state index in [0.717, 1.165) is 24.8 Å². The van der Waals surface area contributed by atoms with Crippen LogP contribution in [0.5, 0.6) is 0 Å². The molecule has 1 aromatic heterocycles. The molecule has 0 aliphatic carbocycles. The Hall–Kier alpha value is -1.30. The number of aromatic nitrogens is 1. The first-order valence-corrected chi connectivity index (χ1v) is 8.20. The average molecular weight is 299 g/mol. The molecule has 20 heavy (non-hydrogen) atoms. The third-order valence-corrected chi connectivity index (χ3v) is 3.57. The lowest BCUT2D eigenvalue weighted by Gasteiger charge is -2.17. The number of nitrogens with zero attached hydrogens (tertiary/aromatic N) is 1. The molecule has 0 aromatic carbocycles. The number of carbonyl (C=O) groups is 1. The number of pyridine rings is 1. The van der Waals surface area contributed by atoms with Crippen molar-refractivity contribution in [3.63, 3.8) is 0 Å². The summed E-state index contributed by atoms with van der Waals surface area (Å²) in [5.74, 6) is 0.485. The number of rotatable bonds is 8. The van der Waals surface area contributed by atoms with Gasteiger partial charge in [-0.3, -0.25) is 4.79 Å². The summed E-state index contributed by atoms with van der Waals surface area (Å²) in [6.07, 6.45) is 4.86. The van der Waals surface area contributed by atoms with Crippen molar-refractivity contribution in [2.24, 2.45) is 0 Å². The fourth-order valence-electron chi connectivity index (χ4n) is 1.72. The van der Waals surface area contributed by atoms with E-state index < -0.39 is 5.82 Å². The van der Waals surface area contributed by atoms with Crippen LogP contribution in [0.1, 0.15) is 37.0 Å². The molecule has 1 atom stereocenters. The molecule has 0 radical (unpaired) electrons. The fourth-order valence-corrected chi connectivity index (χ4v) is 2.44. The third kappa shape index (κ3) is 5.00. The fraction of sp³-hybridized carbons (Fsp3) is 0.571. The number of anilines is 1. The maximum Gasteiger partial charge on any atom is 0.255 e. The van der Waals surface area contributed by atoms with Crippen LogP contribution in [0.3, 0.4) is 0 Å². The molecule has 0 saturated carbocycles. The SMILES string of the molecule is CCCNc1ncc(F)cc1C(=O)NC(CC)CSC. The minimum atomic E-state index is -0.505. The number of thioether (sulfide) groups is 1. The van der Waals surface area contributed by atoms with Crippen molar-refractivity contribution >= 4 is 23.5 Å². The Morgan fingerprint density at radius 3 is 2.85 bits per heavy atom. The molecule has 112 valence electrons. The van der Waals surface area contributed by atoms with Crippen LogP contribution < -0.4 is 10.6 Å². The van der Waals surface area contributed by atoms with Gasteiger partial charge in [0.05, 0.1) is 11.8 Å². The molecule has 0 aliphatic heterocycles. The van der Waals surface area contributed by atoms with Crippen LogP contribution in [0.2, 0.25) is 0 Å². The largest absolute Gasteiger partial charge is 0.369 e. The summed E-state index contributed by atoms with van der Waals surface area (Å²) in [4.78, 5) is 16.2. The van der Waals surface area contributed by atoms with Crippen LogP contribution in [0, 0.1) is 5.82 Å². The highest BCUT2D eigenvalue weighted by atomic mass is 32.2. The Bertz CT molecular complexity index is 442. The van der Waals surface area contributed by atoms with Gasteiger partial charge in [0.2, 0.25) is 0 Å². The van der Waals surface area contributed by atoms with Crippen molar-refractivity contribution in [2.45, 2.75) is 32.7 Å². The highest BCUT2D eigenvalue weighted by molar-refractivity contribution is 7.98. The van der Waals surface area contributed by atoms with Crippen LogP contribution >= 0.6 is 11.8 Å². The lowest BCUT2D eigenvalue weighted by molar-refractivity contribution is 0.0940. The first kappa shape index (κ1) is 16.8. The summed E-state index contributed by atoms with van der Waals surface area (Å²) >= 11 is 1.67. The van der Waals surface area contributed by atoms with Crippen LogP contribution in [0.4, 0.5) is 10.2 Å². The summed E-state index contributed by atoms with van der Waals surface area (Å²) in [6.45, 7) is 4.73. The third-order valence-electron chi connectivity index (χ3n) is 2.84. The topological polar surface area (TPSA) is 54.0 Å². The van der Waals surface area contributed by atoms with Gasteiger partial charge in [0.15, 0.2) is 0 Å². The van der Waals surface area contributed by atoms with Gasteiger partial charge in [-0.15, -0.1) is 0 Å². The second-order valence-electron chi connectivity index (χ2n) is 4.51. The van der Waals surface area contributed by atoms with E-state index in [2.05, 4.69) is 15.6 Å². The Kier molecular flexibility index (Phi) is 7.36. The Balaban J connectivity index is 2.86. The molecule has 1 rings (SSSR count). The first-order chi connectivity index (χ1) is 9.62. The molecular formula is C14H22FN3OS. The number of hydrogen-bond acceptors (Lipinski definition) is 4. The van der Waals surface area contributed by atoms with Crippen LogP contribution in [-0.4, -0.2) is 35.5 Å². The molecule has 1 unspecified atom stereocenters. The summed E-state index contributed by atoms with van der Waals surface area (Å²) in [7, 11) is 0. The van der Waals surface area contributed by atoms with E-state index in [1.165, 1.54) is 6.07 Å². The van der Waals surface area contributed by atoms with Crippen molar-refractivity contribution in [2.75, 3.05) is 23.9 Å². The van der Waals surface area contributed by atoms with Crippen molar-refractivity contribution in [3.8, 4) is 0 Å². The molecular weight excluding hydrogens is 277 g/mol. The second-order valence-corrected chi connectivity index (χ2v) is 5.42. The van der Waals surface area contributed by atoms with Crippen LogP contribution in [0.25, 0.3) is 0 Å². The zero-order chi connectivity index (χ0) is 15.0. The van der Waals surface area contributed by atoms with Gasteiger partial charge < -0.3 is 10.6 Å². The van der Waals surface area contributed by atoms with E-state index in [1.54, 1.807) is 11.8 Å². The van der Waals surface area contributed by atoms with Gasteiger partial charge in [-0.2, -0.15) is 11.8 Å². The Morgan fingerprint density at radius 2 is 2.25 bits per heavy atom. The van der Waals surface area contributed by atoms with E-state index >= 15 is 0 Å². The smallest absolute Gasteiger partial charge is 0.255 e. The quantitative estimate of drug-likeness (QED) is 0.775. The number of carbonyl (C=O) groups excluding carboxylic acids is 1. The van der Waals surface area contributed by atoms with Gasteiger partial charge in [0.25, 0.3) is 5.91 Å². The lowest BCUT2D eigenvalue weighted by atomic mass is 10.2. The van der Waals surface area contributed by atoms with Crippen LogP contribution in [-0.2, 0) is 0 Å². The van der Waals surface area contributed by atoms with Gasteiger partial charge in [-0.1, -0.05) is 13.8 Å². The summed E-state index contributed by atoms with van der Waals surface area (Å²) < 4.78 is 13.3. The molecule has 0 aliphatic rings. The maximum atomic E-state index is 13.3. The number of hydrogen-bond donors (Lipinski definition) is 2. The molecule has 0 spiro atoms. The minimum absolute atomic E-state index is 0.0831. The lowest BCUT2D eigenvalue weighted by Crippen LogP contribution is -2.36.